The fourth-order valence-electron chi connectivity index (χ4n) is 13.4. The highest BCUT2D eigenvalue weighted by atomic mass is 33.1. The van der Waals surface area contributed by atoms with Gasteiger partial charge in [0.1, 0.15) is 108 Å². The van der Waals surface area contributed by atoms with Crippen molar-refractivity contribution in [3.8, 4) is 11.5 Å². The number of aliphatic hydroxyl groups is 1. The van der Waals surface area contributed by atoms with Crippen LogP contribution in [-0.2, 0) is 120 Å². The molecular weight excluding hydrogens is 1860 g/mol. The van der Waals surface area contributed by atoms with E-state index in [1.54, 1.807) is 44.2 Å². The first-order chi connectivity index (χ1) is 62.9. The Morgan fingerprint density at radius 3 is 1.49 bits per heavy atom. The highest BCUT2D eigenvalue weighted by Gasteiger charge is 2.44. The zero-order valence-corrected chi connectivity index (χ0v) is 77.5. The van der Waals surface area contributed by atoms with E-state index in [9.17, 15) is 83.1 Å². The number of benzene rings is 3. The molecule has 0 aromatic heterocycles. The summed E-state index contributed by atoms with van der Waals surface area (Å²) in [7, 11) is 4.17. The number of rotatable bonds is 27. The number of aromatic hydroxyl groups is 2. The molecule has 726 valence electrons. The molecule has 0 saturated carbocycles. The zero-order chi connectivity index (χ0) is 98.0. The molecule has 52 heteroatoms. The number of phenols is 2. The molecule has 0 radical (unpaired) electrons. The van der Waals surface area contributed by atoms with Gasteiger partial charge in [-0.25, -0.2) is 4.79 Å². The van der Waals surface area contributed by atoms with E-state index in [1.807, 2.05) is 0 Å². The van der Waals surface area contributed by atoms with Crippen LogP contribution < -0.4 is 102 Å². The van der Waals surface area contributed by atoms with E-state index in [-0.39, 0.29) is 55.7 Å². The molecule has 7 rings (SSSR count). The summed E-state index contributed by atoms with van der Waals surface area (Å²) < 4.78 is 0. The third kappa shape index (κ3) is 35.6. The Hall–Kier alpha value is -11.9. The standard InChI is InChI=1S/C81H110N20O26S6/c1-37(2)24-48-69(114)96-57-35-130-128-31-53(73(118)94-52(81(126)127)27-43-15-19-45(104)20-16-43)88-62(107)30-85-65(110)38(3)86-72(117)54-32-129-131-33-55(74(119)89-47(68(113)90-48)21-22-63(108)109)98-77(122)58(36-133-132-34-56(99-76(57)121)75(120)93-51(29-61(84)106)80(125)101-23-9-12-59(101)78(123)87-39(4)66(111)95-54)97-71(116)49(26-42-13-17-44(103)18-14-42)91-70(115)50(25-41-10-7-6-8-11-41)92-79(124)64(40(5)102)100-67(112)46(82)28-60(83)105/h6-8,10-11,13-20,37-40,46-59,64,102-104H,9,12,21-36,82H2,1-5H3,(H2,83,105)(H2,84,106)(H,85,110)(H,86,117)(H,87,123)(H,88,107)(H,89,119)(H,90,113)(H,91,115)(H,92,124)(H,93,120)(H,94,118)(H,95,111)(H,96,114)(H,97,116)(H,98,122)(H,99,121)(H,100,112)(H,108,109)(H,126,127)/t38-,39-,40+,46-,47-,48-,49-,50-,51-,52-,53-,54-,55-,56-,57-,58-,59-,64-/m0/s1. The number of carboxylic acids is 2. The molecule has 133 heavy (non-hydrogen) atoms. The molecule has 4 aliphatic heterocycles. The minimum Gasteiger partial charge on any atom is -0.508 e. The third-order valence-corrected chi connectivity index (χ3v) is 27.9. The van der Waals surface area contributed by atoms with E-state index < -0.39 is 312 Å². The fraction of sp³-hybridized carbons (Fsp3) is 0.519. The maximum absolute atomic E-state index is 15.7. The van der Waals surface area contributed by atoms with Crippen molar-refractivity contribution in [1.29, 1.82) is 0 Å². The van der Waals surface area contributed by atoms with Crippen molar-refractivity contribution in [1.82, 2.24) is 90.0 Å². The van der Waals surface area contributed by atoms with Crippen LogP contribution in [0.25, 0.3) is 0 Å². The van der Waals surface area contributed by atoms with Crippen LogP contribution in [0.1, 0.15) is 96.3 Å². The lowest BCUT2D eigenvalue weighted by molar-refractivity contribution is -0.143. The Kier molecular flexibility index (Phi) is 43.2. The number of hydrogen-bond donors (Lipinski definition) is 24. The Morgan fingerprint density at radius 1 is 0.481 bits per heavy atom. The van der Waals surface area contributed by atoms with Gasteiger partial charge in [0.15, 0.2) is 0 Å². The van der Waals surface area contributed by atoms with Crippen molar-refractivity contribution in [2.75, 3.05) is 47.6 Å². The number of primary amides is 2. The van der Waals surface area contributed by atoms with Crippen LogP contribution in [0.2, 0.25) is 0 Å². The van der Waals surface area contributed by atoms with Crippen molar-refractivity contribution >= 4 is 189 Å². The number of phenolic OH excluding ortho intramolecular Hbond substituents is 2. The molecule has 3 aromatic rings. The summed E-state index contributed by atoms with van der Waals surface area (Å²) in [5, 5.41) is 91.4. The van der Waals surface area contributed by atoms with Gasteiger partial charge in [-0.1, -0.05) is 133 Å². The second-order valence-corrected chi connectivity index (χ2v) is 39.5. The van der Waals surface area contributed by atoms with E-state index in [4.69, 9.17) is 17.2 Å². The van der Waals surface area contributed by atoms with Crippen LogP contribution in [0.3, 0.4) is 0 Å². The van der Waals surface area contributed by atoms with Crippen LogP contribution in [0, 0.1) is 5.92 Å². The predicted octanol–water partition coefficient (Wildman–Crippen LogP) is -6.82. The summed E-state index contributed by atoms with van der Waals surface area (Å²) in [4.78, 5) is 303. The molecule has 4 fully saturated rings. The van der Waals surface area contributed by atoms with Crippen LogP contribution in [-0.4, -0.2) is 311 Å². The Labute approximate surface area is 785 Å². The van der Waals surface area contributed by atoms with Gasteiger partial charge >= 0.3 is 11.9 Å². The first-order valence-corrected chi connectivity index (χ1v) is 49.3. The molecule has 0 aliphatic carbocycles. The van der Waals surface area contributed by atoms with Gasteiger partial charge < -0.3 is 133 Å². The smallest absolute Gasteiger partial charge is 0.326 e. The molecule has 0 spiro atoms. The van der Waals surface area contributed by atoms with Gasteiger partial charge in [-0.05, 0) is 93.3 Å². The van der Waals surface area contributed by atoms with Crippen molar-refractivity contribution in [3.05, 3.63) is 95.6 Å². The van der Waals surface area contributed by atoms with Crippen molar-refractivity contribution in [2.45, 2.75) is 208 Å². The molecule has 4 saturated heterocycles. The highest BCUT2D eigenvalue weighted by Crippen LogP contribution is 2.29. The summed E-state index contributed by atoms with van der Waals surface area (Å²) in [6.07, 6.45) is -6.49. The average Bonchev–Trinajstić information content (AvgIpc) is 1.71. The summed E-state index contributed by atoms with van der Waals surface area (Å²) in [6, 6.07) is -12.1. The third-order valence-electron chi connectivity index (χ3n) is 20.6. The number of nitrogens with two attached hydrogens (primary N) is 3. The van der Waals surface area contributed by atoms with Crippen LogP contribution >= 0.6 is 64.8 Å². The number of hydrogen-bond acceptors (Lipinski definition) is 31. The monoisotopic (exact) mass is 1970 g/mol. The summed E-state index contributed by atoms with van der Waals surface area (Å²) in [6.45, 7) is 5.56. The second-order valence-electron chi connectivity index (χ2n) is 31.9. The quantitative estimate of drug-likeness (QED) is 0.0249. The van der Waals surface area contributed by atoms with Gasteiger partial charge in [-0.15, -0.1) is 0 Å². The SMILES string of the molecule is CC(C)C[C@@H]1NC(=O)[C@H](CCC(=O)O)NC(=O)[C@@H]2CSSC[C@@H]3NC(=O)[C@H](C)NC(=O)[C@@H]4CCCN4C(=O)[C@H](CC(N)=O)NC(=O)[C@H](CSSC[C@H](NC(=O)[C@H](Cc4ccc(O)cc4)NC(=O)[C@H](Cc4ccccc4)NC(=O)[C@@H](NC(=O)[C@@H](N)CC(N)=O)[C@@H](C)O)C(=O)N2)NC(=O)[C@H](CSSC[C@@H](C(=O)N[C@@H](Cc2ccc(O)cc2)C(=O)O)NC(=O)CNC(=O)[C@H](C)NC3=O)NC1=O. The number of amides is 19. The van der Waals surface area contributed by atoms with Crippen LogP contribution in [0.15, 0.2) is 78.9 Å². The lowest BCUT2D eigenvalue weighted by Gasteiger charge is -2.30. The van der Waals surface area contributed by atoms with Crippen LogP contribution in [0.4, 0.5) is 0 Å². The van der Waals surface area contributed by atoms with Crippen molar-refractivity contribution in [2.24, 2.45) is 23.1 Å². The second kappa shape index (κ2) is 53.1. The minimum atomic E-state index is -1.98. The maximum atomic E-state index is 15.7. The molecule has 27 N–H and O–H groups in total. The van der Waals surface area contributed by atoms with Crippen molar-refractivity contribution < 1.29 is 126 Å². The number of fused-ring (bicyclic) bond motifs is 20. The zero-order valence-electron chi connectivity index (χ0n) is 72.6. The molecule has 46 nitrogen and oxygen atoms in total. The van der Waals surface area contributed by atoms with Crippen LogP contribution in [0.5, 0.6) is 11.5 Å². The van der Waals surface area contributed by atoms with E-state index in [0.717, 1.165) is 29.5 Å². The van der Waals surface area contributed by atoms with Gasteiger partial charge in [0, 0.05) is 66.7 Å². The molecule has 4 bridgehead atoms. The van der Waals surface area contributed by atoms with Gasteiger partial charge in [0.25, 0.3) is 0 Å². The Balaban J connectivity index is 1.43. The average molecular weight is 1970 g/mol. The van der Waals surface area contributed by atoms with E-state index in [0.29, 0.717) is 65.1 Å². The fourth-order valence-corrected chi connectivity index (χ4v) is 20.4. The van der Waals surface area contributed by atoms with Gasteiger partial charge in [0.05, 0.1) is 31.5 Å². The number of nitrogens with zero attached hydrogens (tertiary/aromatic N) is 1. The molecule has 18 atom stereocenters. The predicted molar refractivity (Wildman–Crippen MR) is 488 cm³/mol. The van der Waals surface area contributed by atoms with E-state index in [1.165, 1.54) is 55.5 Å². The molecule has 3 aromatic carbocycles. The molecule has 4 heterocycles. The Bertz CT molecular complexity index is 4730. The minimum absolute atomic E-state index is 0.0688. The number of nitrogens with one attached hydrogen (secondary N) is 16. The topological polar surface area (TPSA) is 733 Å². The van der Waals surface area contributed by atoms with E-state index >= 15 is 43.2 Å². The number of aliphatic hydroxyl groups excluding tert-OH is 1. The summed E-state index contributed by atoms with van der Waals surface area (Å²) in [5.74, 6) is -29.6. The number of carbonyl (C=O) groups is 21. The number of carbonyl (C=O) groups excluding carboxylic acids is 19. The van der Waals surface area contributed by atoms with Gasteiger partial charge in [-0.2, -0.15) is 0 Å². The first kappa shape index (κ1) is 108. The first-order valence-electron chi connectivity index (χ1n) is 41.8. The number of carboxylic acid groups (broad SMARTS) is 2. The van der Waals surface area contributed by atoms with Crippen molar-refractivity contribution in [3.63, 3.8) is 0 Å². The lowest BCUT2D eigenvalue weighted by atomic mass is 10.0. The normalized spacial score (nSPS) is 24.4. The molecular formula is C81H110N20O26S6. The largest absolute Gasteiger partial charge is 0.508 e. The molecule has 0 unspecified atom stereocenters. The summed E-state index contributed by atoms with van der Waals surface area (Å²) >= 11 is 0. The van der Waals surface area contributed by atoms with Gasteiger partial charge in [-0.3, -0.25) is 95.9 Å². The number of aliphatic carboxylic acids is 2. The maximum Gasteiger partial charge on any atom is 0.326 e. The molecule has 4 aliphatic rings. The Morgan fingerprint density at radius 2 is 0.947 bits per heavy atom. The lowest BCUT2D eigenvalue weighted by Crippen LogP contribution is -2.62. The van der Waals surface area contributed by atoms with E-state index in [2.05, 4.69) is 85.1 Å². The highest BCUT2D eigenvalue weighted by molar-refractivity contribution is 8.77. The van der Waals surface area contributed by atoms with Gasteiger partial charge in [0.2, 0.25) is 112 Å². The molecule has 19 amide bonds. The summed E-state index contributed by atoms with van der Waals surface area (Å²) in [5.41, 5.74) is 17.8.